The van der Waals surface area contributed by atoms with Gasteiger partial charge in [-0.1, -0.05) is 12.1 Å². The van der Waals surface area contributed by atoms with Gasteiger partial charge in [-0.3, -0.25) is 4.90 Å². The van der Waals surface area contributed by atoms with Crippen molar-refractivity contribution in [1.82, 2.24) is 15.1 Å². The Kier molecular flexibility index (Phi) is 7.40. The van der Waals surface area contributed by atoms with Gasteiger partial charge in [0.05, 0.1) is 5.56 Å². The van der Waals surface area contributed by atoms with Gasteiger partial charge in [0.1, 0.15) is 11.4 Å². The van der Waals surface area contributed by atoms with Crippen molar-refractivity contribution in [2.45, 2.75) is 39.1 Å². The predicted molar refractivity (Wildman–Crippen MR) is 133 cm³/mol. The number of hydrogen-bond donors (Lipinski definition) is 1. The molecule has 1 saturated heterocycles. The number of ether oxygens (including phenoxy) is 1. The number of anilines is 1. The molecule has 10 heteroatoms. The van der Waals surface area contributed by atoms with Crippen molar-refractivity contribution in [3.8, 4) is 16.9 Å². The number of halogens is 3. The Morgan fingerprint density at radius 1 is 0.946 bits per heavy atom. The van der Waals surface area contributed by atoms with Crippen LogP contribution in [0.25, 0.3) is 11.1 Å². The van der Waals surface area contributed by atoms with E-state index < -0.39 is 23.3 Å². The summed E-state index contributed by atoms with van der Waals surface area (Å²) in [6, 6.07) is 13.5. The van der Waals surface area contributed by atoms with Crippen LogP contribution in [0.4, 0.5) is 19.0 Å². The van der Waals surface area contributed by atoms with Crippen LogP contribution in [0.15, 0.2) is 54.6 Å². The zero-order valence-corrected chi connectivity index (χ0v) is 20.9. The minimum absolute atomic E-state index is 0.00481. The third-order valence-corrected chi connectivity index (χ3v) is 5.86. The standard InChI is InChI=1S/C27H29F3N4O3/c1-26(2,3)37-25(36)23-7-8-24(32-31-23)34-11-9-33(10-12-34)17-18-13-20(15-21(14-18)27(28,29)30)19-5-4-6-22(35)16-19/h4-8,13-16,35H,9-12,17H2,1-3H3. The van der Waals surface area contributed by atoms with Gasteiger partial charge in [0.25, 0.3) is 0 Å². The summed E-state index contributed by atoms with van der Waals surface area (Å²) in [5.41, 5.74) is 0.247. The lowest BCUT2D eigenvalue weighted by Crippen LogP contribution is -2.46. The molecule has 7 nitrogen and oxygen atoms in total. The van der Waals surface area contributed by atoms with Crippen LogP contribution in [0.2, 0.25) is 0 Å². The molecule has 0 radical (unpaired) electrons. The van der Waals surface area contributed by atoms with Gasteiger partial charge in [0, 0.05) is 32.7 Å². The van der Waals surface area contributed by atoms with Crippen LogP contribution >= 0.6 is 0 Å². The molecular weight excluding hydrogens is 485 g/mol. The number of alkyl halides is 3. The van der Waals surface area contributed by atoms with E-state index in [4.69, 9.17) is 4.74 Å². The molecule has 0 unspecified atom stereocenters. The molecule has 0 saturated carbocycles. The lowest BCUT2D eigenvalue weighted by molar-refractivity contribution is -0.137. The highest BCUT2D eigenvalue weighted by Crippen LogP contribution is 2.34. The zero-order chi connectivity index (χ0) is 26.8. The third kappa shape index (κ3) is 6.97. The van der Waals surface area contributed by atoms with Crippen LogP contribution < -0.4 is 4.90 Å². The highest BCUT2D eigenvalue weighted by molar-refractivity contribution is 5.87. The van der Waals surface area contributed by atoms with Crippen LogP contribution in [0.3, 0.4) is 0 Å². The molecule has 4 rings (SSSR count). The topological polar surface area (TPSA) is 78.8 Å². The fourth-order valence-electron chi connectivity index (χ4n) is 4.13. The predicted octanol–water partition coefficient (Wildman–Crippen LogP) is 5.15. The zero-order valence-electron chi connectivity index (χ0n) is 20.9. The smallest absolute Gasteiger partial charge is 0.416 e. The second-order valence-corrected chi connectivity index (χ2v) is 10.0. The Hall–Kier alpha value is -3.66. The SMILES string of the molecule is CC(C)(C)OC(=O)c1ccc(N2CCN(Cc3cc(-c4cccc(O)c4)cc(C(F)(F)F)c3)CC2)nn1. The van der Waals surface area contributed by atoms with Gasteiger partial charge in [0.2, 0.25) is 0 Å². The fourth-order valence-corrected chi connectivity index (χ4v) is 4.13. The Balaban J connectivity index is 1.43. The van der Waals surface area contributed by atoms with E-state index in [0.717, 1.165) is 6.07 Å². The number of hydrogen-bond acceptors (Lipinski definition) is 7. The van der Waals surface area contributed by atoms with Gasteiger partial charge >= 0.3 is 12.1 Å². The molecule has 37 heavy (non-hydrogen) atoms. The van der Waals surface area contributed by atoms with Crippen molar-refractivity contribution in [2.75, 3.05) is 31.1 Å². The Bertz CT molecular complexity index is 1250. The summed E-state index contributed by atoms with van der Waals surface area (Å²) in [5, 5.41) is 17.9. The Morgan fingerprint density at radius 2 is 1.68 bits per heavy atom. The first-order valence-corrected chi connectivity index (χ1v) is 11.9. The molecule has 1 fully saturated rings. The highest BCUT2D eigenvalue weighted by atomic mass is 19.4. The molecule has 196 valence electrons. The first-order chi connectivity index (χ1) is 17.4. The lowest BCUT2D eigenvalue weighted by Gasteiger charge is -2.35. The number of piperazine rings is 1. The van der Waals surface area contributed by atoms with Crippen molar-refractivity contribution >= 4 is 11.8 Å². The molecule has 2 aromatic carbocycles. The van der Waals surface area contributed by atoms with Crippen molar-refractivity contribution in [3.05, 3.63) is 71.4 Å². The average molecular weight is 515 g/mol. The van der Waals surface area contributed by atoms with E-state index in [-0.39, 0.29) is 11.4 Å². The van der Waals surface area contributed by atoms with Crippen molar-refractivity contribution in [1.29, 1.82) is 0 Å². The molecule has 1 aromatic heterocycles. The summed E-state index contributed by atoms with van der Waals surface area (Å²) in [6.45, 7) is 8.14. The van der Waals surface area contributed by atoms with Crippen LogP contribution in [-0.4, -0.2) is 58.0 Å². The summed E-state index contributed by atoms with van der Waals surface area (Å²) >= 11 is 0. The summed E-state index contributed by atoms with van der Waals surface area (Å²) in [5.74, 6) is 0.0783. The minimum Gasteiger partial charge on any atom is -0.508 e. The van der Waals surface area contributed by atoms with E-state index in [9.17, 15) is 23.1 Å². The molecule has 0 bridgehead atoms. The molecule has 0 amide bonds. The second-order valence-electron chi connectivity index (χ2n) is 10.0. The van der Waals surface area contributed by atoms with E-state index in [1.54, 1.807) is 51.1 Å². The number of phenols is 1. The maximum atomic E-state index is 13.6. The quantitative estimate of drug-likeness (QED) is 0.472. The molecule has 1 aliphatic heterocycles. The molecule has 3 aromatic rings. The van der Waals surface area contributed by atoms with Crippen LogP contribution in [0.1, 0.15) is 42.4 Å². The molecule has 0 spiro atoms. The van der Waals surface area contributed by atoms with Gasteiger partial charge in [-0.25, -0.2) is 4.79 Å². The molecule has 1 aliphatic rings. The lowest BCUT2D eigenvalue weighted by atomic mass is 9.99. The van der Waals surface area contributed by atoms with E-state index in [1.807, 2.05) is 4.90 Å². The molecule has 0 aliphatic carbocycles. The normalized spacial score (nSPS) is 15.0. The first kappa shape index (κ1) is 26.4. The number of aromatic nitrogens is 2. The maximum absolute atomic E-state index is 13.6. The van der Waals surface area contributed by atoms with Gasteiger partial charge < -0.3 is 14.7 Å². The summed E-state index contributed by atoms with van der Waals surface area (Å²) in [4.78, 5) is 16.3. The summed E-state index contributed by atoms with van der Waals surface area (Å²) < 4.78 is 46.1. The number of nitrogens with zero attached hydrogens (tertiary/aromatic N) is 4. The van der Waals surface area contributed by atoms with Gasteiger partial charge in [-0.15, -0.1) is 10.2 Å². The molecular formula is C27H29F3N4O3. The number of esters is 1. The number of rotatable bonds is 5. The first-order valence-electron chi connectivity index (χ1n) is 11.9. The molecule has 1 N–H and O–H groups in total. The van der Waals surface area contributed by atoms with Gasteiger partial charge in [-0.2, -0.15) is 13.2 Å². The van der Waals surface area contributed by atoms with Crippen molar-refractivity contribution in [3.63, 3.8) is 0 Å². The van der Waals surface area contributed by atoms with Gasteiger partial charge in [-0.05, 0) is 79.9 Å². The second kappa shape index (κ2) is 10.4. The van der Waals surface area contributed by atoms with Crippen LogP contribution in [-0.2, 0) is 17.5 Å². The Labute approximate surface area is 213 Å². The minimum atomic E-state index is -4.48. The highest BCUT2D eigenvalue weighted by Gasteiger charge is 2.31. The van der Waals surface area contributed by atoms with Crippen molar-refractivity contribution < 1.29 is 27.8 Å². The van der Waals surface area contributed by atoms with E-state index in [0.29, 0.717) is 55.2 Å². The van der Waals surface area contributed by atoms with E-state index in [1.165, 1.54) is 18.2 Å². The van der Waals surface area contributed by atoms with Crippen LogP contribution in [0.5, 0.6) is 5.75 Å². The maximum Gasteiger partial charge on any atom is 0.416 e. The Morgan fingerprint density at radius 3 is 2.27 bits per heavy atom. The van der Waals surface area contributed by atoms with E-state index >= 15 is 0 Å². The molecule has 0 atom stereocenters. The average Bonchev–Trinajstić information content (AvgIpc) is 2.83. The van der Waals surface area contributed by atoms with Gasteiger partial charge in [0.15, 0.2) is 11.5 Å². The number of aromatic hydroxyl groups is 1. The summed E-state index contributed by atoms with van der Waals surface area (Å²) in [7, 11) is 0. The largest absolute Gasteiger partial charge is 0.508 e. The fraction of sp³-hybridized carbons (Fsp3) is 0.370. The number of benzene rings is 2. The monoisotopic (exact) mass is 514 g/mol. The molecule has 2 heterocycles. The van der Waals surface area contributed by atoms with E-state index in [2.05, 4.69) is 15.1 Å². The van der Waals surface area contributed by atoms with Crippen LogP contribution in [0, 0.1) is 0 Å². The number of carbonyl (C=O) groups excluding carboxylic acids is 1. The number of phenolic OH excluding ortho intramolecular Hbond substituents is 1. The third-order valence-electron chi connectivity index (χ3n) is 5.86. The number of carbonyl (C=O) groups is 1. The summed E-state index contributed by atoms with van der Waals surface area (Å²) in [6.07, 6.45) is -4.48. The van der Waals surface area contributed by atoms with Crippen molar-refractivity contribution in [2.24, 2.45) is 0 Å².